The van der Waals surface area contributed by atoms with Crippen molar-refractivity contribution in [2.24, 2.45) is 21.3 Å². The number of hydrogen-bond acceptors (Lipinski definition) is 20. The molecule has 6 unspecified atom stereocenters. The van der Waals surface area contributed by atoms with Gasteiger partial charge in [0.05, 0.1) is 62.0 Å². The molecule has 0 saturated carbocycles. The fourth-order valence-corrected chi connectivity index (χ4v) is 31.7. The van der Waals surface area contributed by atoms with Crippen LogP contribution in [0.4, 0.5) is 22.7 Å². The van der Waals surface area contributed by atoms with Gasteiger partial charge in [-0.1, -0.05) is 120 Å². The van der Waals surface area contributed by atoms with E-state index in [-0.39, 0.29) is 55.0 Å². The molecule has 4 aliphatic rings. The highest BCUT2D eigenvalue weighted by atomic mass is 79.9. The summed E-state index contributed by atoms with van der Waals surface area (Å²) in [5, 5.41) is 3.58. The van der Waals surface area contributed by atoms with Crippen molar-refractivity contribution in [1.82, 2.24) is 0 Å². The van der Waals surface area contributed by atoms with Gasteiger partial charge < -0.3 is 55.9 Å². The zero-order valence-corrected chi connectivity index (χ0v) is 76.0. The standard InChI is InChI=1S/C42H57BrN2O8Si2.C25H23BrN2O3.C12H26O3Si2.C5H8O2.CH4/c1-28(25-40(4,37(47)49-7)26-41(5,43)38(48)50-22-15-23-55(11,12)53-54(8,9)10)36(46)51-30-20-18-29-19-21-34-35(31(29)24-30)44-27-42(52-34)39(2,3)32-16-13-14-17-33(32)45(42)6;1-15(26)23(29)30-17-11-9-16-10-12-21-22(18(16)13-17)27-14-25(31-21)24(2,3)19-7-5-6-8-20(19)28(25)4;1-11(2)12(13)14-9-8-10-17(6,7)15-16(3,4)5;1-4(2)5(6)7-3;/h13-14,16-21,24,27-28H,15,22-23,25-26H2,1-12H3;5-15H,1-4H3;1,8-10H2,2-7H3;1H2,2-3H3;1H4. The first-order valence-corrected chi connectivity index (χ1v) is 51.9. The van der Waals surface area contributed by atoms with Crippen LogP contribution in [-0.2, 0) is 66.8 Å². The van der Waals surface area contributed by atoms with E-state index in [0.29, 0.717) is 52.9 Å². The first kappa shape index (κ1) is 92.3. The van der Waals surface area contributed by atoms with Crippen LogP contribution in [0.3, 0.4) is 0 Å². The zero-order valence-electron chi connectivity index (χ0n) is 68.8. The molecule has 0 amide bonds. The van der Waals surface area contributed by atoms with E-state index < -0.39 is 83.7 Å². The lowest BCUT2D eigenvalue weighted by Gasteiger charge is -2.45. The Labute approximate surface area is 679 Å². The van der Waals surface area contributed by atoms with E-state index in [0.717, 1.165) is 57.1 Å². The predicted molar refractivity (Wildman–Crippen MR) is 465 cm³/mol. The van der Waals surface area contributed by atoms with Gasteiger partial charge in [-0.25, -0.2) is 9.59 Å². The monoisotopic (exact) mass is 1720 g/mol. The molecule has 26 heteroatoms. The molecular formula is C85H118Br2N4O16Si4. The summed E-state index contributed by atoms with van der Waals surface area (Å²) in [6, 6.07) is 37.4. The smallest absolute Gasteiger partial charge is 0.333 e. The normalized spacial score (nSPS) is 18.4. The number of benzene rings is 6. The number of carbonyl (C=O) groups excluding carboxylic acids is 6. The molecule has 2 spiro atoms. The number of methoxy groups -OCH3 is 2. The molecule has 0 bridgehead atoms. The van der Waals surface area contributed by atoms with Gasteiger partial charge in [-0.3, -0.25) is 29.2 Å². The van der Waals surface area contributed by atoms with Crippen LogP contribution in [0.15, 0.2) is 143 Å². The van der Waals surface area contributed by atoms with Crippen molar-refractivity contribution in [3.05, 3.63) is 145 Å². The Bertz CT molecular complexity index is 4510. The van der Waals surface area contributed by atoms with Crippen molar-refractivity contribution in [2.45, 2.75) is 211 Å². The number of hydrogen-bond donors (Lipinski definition) is 0. The predicted octanol–water partition coefficient (Wildman–Crippen LogP) is 20.4. The van der Waals surface area contributed by atoms with Crippen LogP contribution in [0.2, 0.25) is 77.6 Å². The zero-order chi connectivity index (χ0) is 82.3. The molecule has 111 heavy (non-hydrogen) atoms. The first-order valence-electron chi connectivity index (χ1n) is 37.2. The average molecular weight is 1720 g/mol. The Balaban J connectivity index is 0.000000285. The Morgan fingerprint density at radius 3 is 1.33 bits per heavy atom. The molecule has 0 N–H and O–H groups in total. The Hall–Kier alpha value is -7.57. The van der Waals surface area contributed by atoms with E-state index in [1.807, 2.05) is 87.2 Å². The average Bonchev–Trinajstić information content (AvgIpc) is 1.55. The maximum atomic E-state index is 13.6. The number of ether oxygens (including phenoxy) is 8. The lowest BCUT2D eigenvalue weighted by atomic mass is 9.75. The molecule has 0 saturated heterocycles. The molecule has 10 rings (SSSR count). The molecule has 6 aromatic carbocycles. The number of fused-ring (bicyclic) bond motifs is 8. The summed E-state index contributed by atoms with van der Waals surface area (Å²) in [6.07, 6.45) is 5.48. The second kappa shape index (κ2) is 36.3. The first-order chi connectivity index (χ1) is 50.9. The van der Waals surface area contributed by atoms with Crippen LogP contribution < -0.4 is 28.7 Å². The highest BCUT2D eigenvalue weighted by molar-refractivity contribution is 9.10. The van der Waals surface area contributed by atoms with Gasteiger partial charge in [0, 0.05) is 47.4 Å². The summed E-state index contributed by atoms with van der Waals surface area (Å²) in [5.41, 5.74) is 3.46. The van der Waals surface area contributed by atoms with Crippen LogP contribution in [0, 0.1) is 11.3 Å². The maximum Gasteiger partial charge on any atom is 0.333 e. The summed E-state index contributed by atoms with van der Waals surface area (Å²) in [7, 11) is 0.116. The quantitative estimate of drug-likeness (QED) is 0.0104. The highest BCUT2D eigenvalue weighted by Gasteiger charge is 2.60. The fraction of sp³-hybridized carbons (Fsp3) is 0.482. The molecule has 0 aliphatic carbocycles. The SMILES string of the molecule is C.C=C(C)C(=O)OC.C=C(C)C(=O)OCCC[Si](C)(C)O[Si](C)(C)C.CC(Br)C(=O)Oc1ccc2ccc3c(c2c1)N=CC1(O3)N(C)c2ccccc2C1(C)C.COC(=O)C(C)(CC(C)C(=O)Oc1ccc2ccc3c(c2c1)N=CC1(O3)N(C)c2ccccc2C1(C)C)CC(C)(Br)C(=O)OCCC[Si](C)(C)O[Si](C)(C)C. The van der Waals surface area contributed by atoms with Gasteiger partial charge in [-0.05, 0) is 236 Å². The minimum atomic E-state index is -1.88. The molecule has 4 aliphatic heterocycles. The number of nitrogens with zero attached hydrogens (tertiary/aromatic N) is 4. The Morgan fingerprint density at radius 1 is 0.568 bits per heavy atom. The lowest BCUT2D eigenvalue weighted by Crippen LogP contribution is -2.61. The number of anilines is 2. The number of likely N-dealkylation sites (N-methyl/N-ethyl adjacent to an activating group) is 2. The number of esters is 6. The van der Waals surface area contributed by atoms with Crippen molar-refractivity contribution in [3.63, 3.8) is 0 Å². The fourth-order valence-electron chi connectivity index (χ4n) is 14.8. The number of para-hydroxylation sites is 2. The largest absolute Gasteiger partial charge is 0.469 e. The molecule has 604 valence electrons. The lowest BCUT2D eigenvalue weighted by molar-refractivity contribution is -0.157. The van der Waals surface area contributed by atoms with Gasteiger partial charge in [0.25, 0.3) is 0 Å². The maximum absolute atomic E-state index is 13.6. The van der Waals surface area contributed by atoms with Gasteiger partial charge in [0.1, 0.15) is 43.5 Å². The molecule has 20 nitrogen and oxygen atoms in total. The summed E-state index contributed by atoms with van der Waals surface area (Å²) in [4.78, 5) is 87.3. The number of aliphatic imine (C=N–C) groups is 2. The van der Waals surface area contributed by atoms with E-state index in [1.165, 1.54) is 25.3 Å². The second-order valence-corrected chi connectivity index (χ2v) is 54.8. The topological polar surface area (TPSA) is 226 Å². The van der Waals surface area contributed by atoms with Crippen LogP contribution in [0.25, 0.3) is 21.5 Å². The minimum Gasteiger partial charge on any atom is -0.469 e. The van der Waals surface area contributed by atoms with Gasteiger partial charge in [-0.2, -0.15) is 0 Å². The number of alkyl halides is 2. The minimum absolute atomic E-state index is 0. The molecule has 4 heterocycles. The van der Waals surface area contributed by atoms with Crippen LogP contribution in [0.1, 0.15) is 113 Å². The highest BCUT2D eigenvalue weighted by Crippen LogP contribution is 2.56. The third-order valence-electron chi connectivity index (χ3n) is 19.9. The molecular weight excluding hydrogens is 1610 g/mol. The summed E-state index contributed by atoms with van der Waals surface area (Å²) < 4.78 is 56.6. The van der Waals surface area contributed by atoms with Crippen molar-refractivity contribution in [2.75, 3.05) is 51.3 Å². The Morgan fingerprint density at radius 2 is 0.964 bits per heavy atom. The van der Waals surface area contributed by atoms with Crippen molar-refractivity contribution in [3.8, 4) is 23.0 Å². The number of halogens is 2. The van der Waals surface area contributed by atoms with E-state index in [9.17, 15) is 28.8 Å². The van der Waals surface area contributed by atoms with E-state index in [4.69, 9.17) is 51.4 Å². The van der Waals surface area contributed by atoms with Gasteiger partial charge in [0.2, 0.25) is 11.4 Å². The van der Waals surface area contributed by atoms with Crippen LogP contribution >= 0.6 is 31.9 Å². The van der Waals surface area contributed by atoms with Crippen LogP contribution in [-0.4, -0.2) is 144 Å². The summed E-state index contributed by atoms with van der Waals surface area (Å²) in [5.74, 6) is -1.06. The third kappa shape index (κ3) is 21.9. The number of carbonyl (C=O) groups is 6. The van der Waals surface area contributed by atoms with Gasteiger partial charge >= 0.3 is 35.8 Å². The third-order valence-corrected chi connectivity index (χ3v) is 33.3. The summed E-state index contributed by atoms with van der Waals surface area (Å²) >= 11 is 6.80. The molecule has 0 fully saturated rings. The second-order valence-electron chi connectivity index (χ2n) is 33.6. The van der Waals surface area contributed by atoms with Crippen molar-refractivity contribution in [1.29, 1.82) is 0 Å². The van der Waals surface area contributed by atoms with Gasteiger partial charge in [0.15, 0.2) is 33.3 Å². The van der Waals surface area contributed by atoms with E-state index >= 15 is 0 Å². The Kier molecular flexibility index (Phi) is 30.2. The molecule has 6 aromatic rings. The summed E-state index contributed by atoms with van der Waals surface area (Å²) in [6.45, 7) is 48.4. The van der Waals surface area contributed by atoms with Crippen molar-refractivity contribution >= 4 is 158 Å². The molecule has 6 atom stereocenters. The number of rotatable bonds is 24. The van der Waals surface area contributed by atoms with Crippen LogP contribution in [0.5, 0.6) is 23.0 Å². The van der Waals surface area contributed by atoms with Crippen molar-refractivity contribution < 1.29 is 74.9 Å². The molecule has 0 radical (unpaired) electrons. The van der Waals surface area contributed by atoms with E-state index in [2.05, 4.69) is 183 Å². The molecule has 0 aromatic heterocycles. The van der Waals surface area contributed by atoms with Gasteiger partial charge in [-0.15, -0.1) is 0 Å². The van der Waals surface area contributed by atoms with E-state index in [1.54, 1.807) is 59.7 Å².